The van der Waals surface area contributed by atoms with Gasteiger partial charge >= 0.3 is 0 Å². The Hall–Kier alpha value is -3.03. The summed E-state index contributed by atoms with van der Waals surface area (Å²) >= 11 is 2.81. The standard InChI is InChI=1S/C32H33NO4S2/c1-19(2)24-15-9-20(3)17-27(24)32(36)39-23-13-10-21(11-14-23)37-22-12-16-25-26(18-22)31(35)33(30(25)34)28-7-5-6-8-29(28)38-4/h5-8,10-14,16,18-20,24,27H,9,15,17H2,1-4H3/t20-,24+,27-/m1/s1. The van der Waals surface area contributed by atoms with E-state index in [1.807, 2.05) is 48.7 Å². The molecule has 0 bridgehead atoms. The number of rotatable bonds is 7. The van der Waals surface area contributed by atoms with Gasteiger partial charge in [0.15, 0.2) is 5.12 Å². The van der Waals surface area contributed by atoms with E-state index >= 15 is 0 Å². The van der Waals surface area contributed by atoms with Gasteiger partial charge in [-0.2, -0.15) is 0 Å². The summed E-state index contributed by atoms with van der Waals surface area (Å²) in [4.78, 5) is 42.5. The fourth-order valence-corrected chi connectivity index (χ4v) is 7.20. The molecule has 0 spiro atoms. The molecule has 5 nitrogen and oxygen atoms in total. The summed E-state index contributed by atoms with van der Waals surface area (Å²) < 4.78 is 6.03. The largest absolute Gasteiger partial charge is 0.457 e. The number of fused-ring (bicyclic) bond motifs is 1. The molecule has 2 amide bonds. The lowest BCUT2D eigenvalue weighted by molar-refractivity contribution is -0.118. The summed E-state index contributed by atoms with van der Waals surface area (Å²) in [6, 6.07) is 19.8. The van der Waals surface area contributed by atoms with Crippen molar-refractivity contribution >= 4 is 46.1 Å². The lowest BCUT2D eigenvalue weighted by Crippen LogP contribution is -2.32. The molecule has 3 aromatic rings. The maximum atomic E-state index is 13.2. The van der Waals surface area contributed by atoms with Crippen molar-refractivity contribution in [1.29, 1.82) is 0 Å². The van der Waals surface area contributed by atoms with Crippen LogP contribution in [0.4, 0.5) is 5.69 Å². The summed E-state index contributed by atoms with van der Waals surface area (Å²) in [5, 5.41) is 0.253. The number of ether oxygens (including phenoxy) is 1. The van der Waals surface area contributed by atoms with Gasteiger partial charge in [-0.1, -0.05) is 51.1 Å². The topological polar surface area (TPSA) is 63.7 Å². The fourth-order valence-electron chi connectivity index (χ4n) is 5.69. The molecule has 7 heteroatoms. The lowest BCUT2D eigenvalue weighted by Gasteiger charge is -2.36. The zero-order valence-electron chi connectivity index (χ0n) is 22.7. The Morgan fingerprint density at radius 3 is 2.33 bits per heavy atom. The molecule has 0 aromatic heterocycles. The fraction of sp³-hybridized carbons (Fsp3) is 0.344. The zero-order valence-corrected chi connectivity index (χ0v) is 24.3. The molecule has 5 rings (SSSR count). The molecule has 0 unspecified atom stereocenters. The number of anilines is 1. The van der Waals surface area contributed by atoms with E-state index in [1.165, 1.54) is 34.8 Å². The van der Waals surface area contributed by atoms with Gasteiger partial charge in [0.05, 0.1) is 16.8 Å². The zero-order chi connectivity index (χ0) is 27.7. The molecular formula is C32H33NO4S2. The van der Waals surface area contributed by atoms with Crippen LogP contribution in [0.25, 0.3) is 0 Å². The highest BCUT2D eigenvalue weighted by Gasteiger charge is 2.38. The molecule has 1 aliphatic heterocycles. The number of nitrogens with zero attached hydrogens (tertiary/aromatic N) is 1. The van der Waals surface area contributed by atoms with Gasteiger partial charge in [-0.25, -0.2) is 4.90 Å². The van der Waals surface area contributed by atoms with Crippen LogP contribution in [0, 0.1) is 23.7 Å². The molecule has 3 aromatic carbocycles. The Kier molecular flexibility index (Phi) is 8.19. The van der Waals surface area contributed by atoms with Crippen LogP contribution in [-0.4, -0.2) is 23.2 Å². The Morgan fingerprint density at radius 1 is 0.923 bits per heavy atom. The monoisotopic (exact) mass is 559 g/mol. The second kappa shape index (κ2) is 11.6. The molecule has 3 atom stereocenters. The van der Waals surface area contributed by atoms with E-state index in [1.54, 1.807) is 24.3 Å². The van der Waals surface area contributed by atoms with E-state index in [0.29, 0.717) is 46.1 Å². The number of hydrogen-bond acceptors (Lipinski definition) is 6. The molecule has 202 valence electrons. The first-order chi connectivity index (χ1) is 18.8. The van der Waals surface area contributed by atoms with Crippen LogP contribution in [0.1, 0.15) is 60.7 Å². The molecular weight excluding hydrogens is 526 g/mol. The third kappa shape index (κ3) is 5.66. The number of para-hydroxylation sites is 1. The number of carbonyl (C=O) groups excluding carboxylic acids is 3. The SMILES string of the molecule is CSc1ccccc1N1C(=O)c2ccc(Oc3ccc(SC(=O)[C@@H]4C[C@H](C)CC[C@H]4C(C)C)cc3)cc2C1=O. The quantitative estimate of drug-likeness (QED) is 0.214. The predicted molar refractivity (Wildman–Crippen MR) is 158 cm³/mol. The normalized spacial score (nSPS) is 20.8. The van der Waals surface area contributed by atoms with E-state index < -0.39 is 0 Å². The minimum atomic E-state index is -0.357. The number of carbonyl (C=O) groups is 3. The smallest absolute Gasteiger partial charge is 0.266 e. The molecule has 0 saturated heterocycles. The van der Waals surface area contributed by atoms with Crippen molar-refractivity contribution in [2.75, 3.05) is 11.2 Å². The van der Waals surface area contributed by atoms with Crippen LogP contribution >= 0.6 is 23.5 Å². The highest BCUT2D eigenvalue weighted by atomic mass is 32.2. The van der Waals surface area contributed by atoms with Crippen molar-refractivity contribution < 1.29 is 19.1 Å². The van der Waals surface area contributed by atoms with E-state index in [0.717, 1.165) is 22.6 Å². The van der Waals surface area contributed by atoms with Gasteiger partial charge in [0.1, 0.15) is 11.5 Å². The van der Waals surface area contributed by atoms with Crippen LogP contribution in [0.5, 0.6) is 11.5 Å². The predicted octanol–water partition coefficient (Wildman–Crippen LogP) is 8.33. The van der Waals surface area contributed by atoms with Crippen LogP contribution in [0.2, 0.25) is 0 Å². The highest BCUT2D eigenvalue weighted by molar-refractivity contribution is 8.13. The van der Waals surface area contributed by atoms with Crippen molar-refractivity contribution in [2.45, 2.75) is 49.8 Å². The average Bonchev–Trinajstić information content (AvgIpc) is 3.18. The van der Waals surface area contributed by atoms with Gasteiger partial charge in [0.25, 0.3) is 11.8 Å². The Bertz CT molecular complexity index is 1400. The van der Waals surface area contributed by atoms with E-state index in [4.69, 9.17) is 4.74 Å². The first-order valence-electron chi connectivity index (χ1n) is 13.4. The lowest BCUT2D eigenvalue weighted by atomic mass is 9.71. The third-order valence-corrected chi connectivity index (χ3v) is 9.58. The molecule has 1 saturated carbocycles. The Morgan fingerprint density at radius 2 is 1.62 bits per heavy atom. The van der Waals surface area contributed by atoms with E-state index in [9.17, 15) is 14.4 Å². The van der Waals surface area contributed by atoms with Crippen molar-refractivity contribution in [1.82, 2.24) is 0 Å². The molecule has 2 aliphatic rings. The van der Waals surface area contributed by atoms with Crippen molar-refractivity contribution in [3.63, 3.8) is 0 Å². The minimum Gasteiger partial charge on any atom is -0.457 e. The molecule has 0 N–H and O–H groups in total. The second-order valence-electron chi connectivity index (χ2n) is 10.8. The van der Waals surface area contributed by atoms with Gasteiger partial charge in [-0.15, -0.1) is 11.8 Å². The van der Waals surface area contributed by atoms with E-state index in [-0.39, 0.29) is 22.8 Å². The van der Waals surface area contributed by atoms with Gasteiger partial charge in [-0.05, 0) is 91.4 Å². The van der Waals surface area contributed by atoms with Crippen LogP contribution < -0.4 is 9.64 Å². The average molecular weight is 560 g/mol. The van der Waals surface area contributed by atoms with Gasteiger partial charge in [-0.3, -0.25) is 14.4 Å². The van der Waals surface area contributed by atoms with Crippen LogP contribution in [0.3, 0.4) is 0 Å². The number of benzene rings is 3. The van der Waals surface area contributed by atoms with Crippen LogP contribution in [-0.2, 0) is 4.79 Å². The number of thioether (sulfide) groups is 2. The summed E-state index contributed by atoms with van der Waals surface area (Å²) in [5.41, 5.74) is 1.28. The molecule has 1 fully saturated rings. The van der Waals surface area contributed by atoms with E-state index in [2.05, 4.69) is 20.8 Å². The first kappa shape index (κ1) is 27.5. The molecule has 0 radical (unpaired) electrons. The van der Waals surface area contributed by atoms with Gasteiger partial charge in [0, 0.05) is 15.7 Å². The number of hydrogen-bond donors (Lipinski definition) is 0. The molecule has 39 heavy (non-hydrogen) atoms. The second-order valence-corrected chi connectivity index (χ2v) is 12.7. The van der Waals surface area contributed by atoms with Crippen molar-refractivity contribution in [3.8, 4) is 11.5 Å². The Balaban J connectivity index is 1.28. The summed E-state index contributed by atoms with van der Waals surface area (Å²) in [5.74, 6) is 2.02. The maximum absolute atomic E-state index is 13.2. The van der Waals surface area contributed by atoms with Crippen molar-refractivity contribution in [2.24, 2.45) is 23.7 Å². The number of imide groups is 1. The maximum Gasteiger partial charge on any atom is 0.266 e. The van der Waals surface area contributed by atoms with Crippen LogP contribution in [0.15, 0.2) is 76.5 Å². The van der Waals surface area contributed by atoms with Gasteiger partial charge < -0.3 is 4.74 Å². The Labute approximate surface area is 238 Å². The summed E-state index contributed by atoms with van der Waals surface area (Å²) in [7, 11) is 0. The van der Waals surface area contributed by atoms with Crippen molar-refractivity contribution in [3.05, 3.63) is 77.9 Å². The highest BCUT2D eigenvalue weighted by Crippen LogP contribution is 2.42. The van der Waals surface area contributed by atoms with Gasteiger partial charge in [0.2, 0.25) is 0 Å². The summed E-state index contributed by atoms with van der Waals surface area (Å²) in [6.45, 7) is 6.69. The number of amides is 2. The molecule has 1 aliphatic carbocycles. The third-order valence-electron chi connectivity index (χ3n) is 7.79. The summed E-state index contributed by atoms with van der Waals surface area (Å²) in [6.07, 6.45) is 5.21. The molecule has 1 heterocycles. The minimum absolute atomic E-state index is 0.101. The first-order valence-corrected chi connectivity index (χ1v) is 15.5.